The van der Waals surface area contributed by atoms with Crippen LogP contribution >= 0.6 is 23.2 Å². The van der Waals surface area contributed by atoms with Crippen molar-refractivity contribution in [2.24, 2.45) is 5.41 Å². The summed E-state index contributed by atoms with van der Waals surface area (Å²) in [5, 5.41) is 3.64. The molecule has 114 valence electrons. The molecule has 1 aromatic rings. The minimum Gasteiger partial charge on any atom is -0.342 e. The van der Waals surface area contributed by atoms with E-state index in [0.29, 0.717) is 41.7 Å². The second-order valence-corrected chi connectivity index (χ2v) is 6.04. The van der Waals surface area contributed by atoms with Gasteiger partial charge in [0.25, 0.3) is 0 Å². The summed E-state index contributed by atoms with van der Waals surface area (Å²) in [6.07, 6.45) is 1.17. The van der Waals surface area contributed by atoms with Crippen LogP contribution in [0.1, 0.15) is 26.7 Å². The lowest BCUT2D eigenvalue weighted by molar-refractivity contribution is -0.141. The number of hydrogen-bond donors (Lipinski definition) is 1. The Morgan fingerprint density at radius 1 is 1.14 bits per heavy atom. The Bertz CT molecular complexity index is 547. The Hall–Kier alpha value is -1.26. The molecule has 0 bridgehead atoms. The number of carbonyl (C=O) groups is 2. The van der Waals surface area contributed by atoms with E-state index >= 15 is 0 Å². The summed E-state index contributed by atoms with van der Waals surface area (Å²) >= 11 is 11.8. The summed E-state index contributed by atoms with van der Waals surface area (Å²) in [5.41, 5.74) is -0.406. The molecular weight excluding hydrogens is 311 g/mol. The van der Waals surface area contributed by atoms with Crippen molar-refractivity contribution in [3.63, 3.8) is 0 Å². The van der Waals surface area contributed by atoms with E-state index in [4.69, 9.17) is 23.2 Å². The average Bonchev–Trinajstić information content (AvgIpc) is 3.20. The molecule has 0 radical (unpaired) electrons. The fourth-order valence-electron chi connectivity index (χ4n) is 2.35. The van der Waals surface area contributed by atoms with E-state index in [1.54, 1.807) is 23.1 Å². The number of halogens is 2. The van der Waals surface area contributed by atoms with E-state index in [2.05, 4.69) is 5.32 Å². The van der Waals surface area contributed by atoms with E-state index in [0.717, 1.165) is 0 Å². The molecule has 1 aliphatic carbocycles. The van der Waals surface area contributed by atoms with Crippen molar-refractivity contribution in [1.29, 1.82) is 0 Å². The van der Waals surface area contributed by atoms with Gasteiger partial charge in [-0.25, -0.2) is 0 Å². The zero-order chi connectivity index (χ0) is 15.6. The summed E-state index contributed by atoms with van der Waals surface area (Å²) in [4.78, 5) is 26.6. The van der Waals surface area contributed by atoms with Crippen LogP contribution in [0.5, 0.6) is 0 Å². The zero-order valence-corrected chi connectivity index (χ0v) is 13.6. The number of amides is 2. The van der Waals surface area contributed by atoms with Gasteiger partial charge in [0.15, 0.2) is 0 Å². The maximum Gasteiger partial charge on any atom is 0.240 e. The predicted molar refractivity (Wildman–Crippen MR) is 84.7 cm³/mol. The Morgan fingerprint density at radius 3 is 2.10 bits per heavy atom. The number of anilines is 1. The first-order chi connectivity index (χ1) is 9.92. The van der Waals surface area contributed by atoms with Crippen LogP contribution in [-0.4, -0.2) is 29.8 Å². The van der Waals surface area contributed by atoms with Crippen molar-refractivity contribution < 1.29 is 9.59 Å². The molecule has 0 aromatic heterocycles. The highest BCUT2D eigenvalue weighted by molar-refractivity contribution is 6.35. The number of nitrogens with zero attached hydrogens (tertiary/aromatic N) is 1. The predicted octanol–water partition coefficient (Wildman–Crippen LogP) is 3.58. The second-order valence-electron chi connectivity index (χ2n) is 5.17. The first-order valence-electron chi connectivity index (χ1n) is 7.00. The van der Waals surface area contributed by atoms with Crippen molar-refractivity contribution in [2.45, 2.75) is 26.7 Å². The SMILES string of the molecule is CCN(CC)C(=O)C1(C(=O)Nc2cc(Cl)cc(Cl)c2)CC1. The van der Waals surface area contributed by atoms with E-state index < -0.39 is 5.41 Å². The van der Waals surface area contributed by atoms with E-state index in [1.165, 1.54) is 0 Å². The molecular formula is C15H18Cl2N2O2. The lowest BCUT2D eigenvalue weighted by Gasteiger charge is -2.24. The van der Waals surface area contributed by atoms with Crippen LogP contribution in [0.2, 0.25) is 10.0 Å². The van der Waals surface area contributed by atoms with Gasteiger partial charge in [0, 0.05) is 28.8 Å². The topological polar surface area (TPSA) is 49.4 Å². The highest BCUT2D eigenvalue weighted by atomic mass is 35.5. The van der Waals surface area contributed by atoms with Crippen LogP contribution in [0.3, 0.4) is 0 Å². The van der Waals surface area contributed by atoms with Crippen LogP contribution in [0.15, 0.2) is 18.2 Å². The lowest BCUT2D eigenvalue weighted by Crippen LogP contribution is -2.42. The lowest BCUT2D eigenvalue weighted by atomic mass is 10.0. The van der Waals surface area contributed by atoms with Gasteiger partial charge in [-0.05, 0) is 44.9 Å². The minimum absolute atomic E-state index is 0.0990. The second kappa shape index (κ2) is 6.24. The number of rotatable bonds is 5. The fraction of sp³-hybridized carbons (Fsp3) is 0.467. The molecule has 1 saturated carbocycles. The van der Waals surface area contributed by atoms with Gasteiger partial charge in [0.05, 0.1) is 0 Å². The third-order valence-electron chi connectivity index (χ3n) is 3.77. The van der Waals surface area contributed by atoms with Gasteiger partial charge in [-0.15, -0.1) is 0 Å². The molecule has 0 atom stereocenters. The molecule has 0 unspecified atom stereocenters. The Labute approximate surface area is 134 Å². The standard InChI is InChI=1S/C15H18Cl2N2O2/c1-3-19(4-2)14(21)15(5-6-15)13(20)18-12-8-10(16)7-11(17)9-12/h7-9H,3-6H2,1-2H3,(H,18,20). The average molecular weight is 329 g/mol. The molecule has 2 rings (SSSR count). The first-order valence-corrected chi connectivity index (χ1v) is 7.75. The first kappa shape index (κ1) is 16.1. The van der Waals surface area contributed by atoms with E-state index in [1.807, 2.05) is 13.8 Å². The van der Waals surface area contributed by atoms with Crippen LogP contribution in [0.25, 0.3) is 0 Å². The summed E-state index contributed by atoms with van der Waals surface area (Å²) in [6, 6.07) is 4.82. The van der Waals surface area contributed by atoms with Crippen molar-refractivity contribution in [2.75, 3.05) is 18.4 Å². The monoisotopic (exact) mass is 328 g/mol. The number of nitrogens with one attached hydrogen (secondary N) is 1. The van der Waals surface area contributed by atoms with Crippen LogP contribution in [-0.2, 0) is 9.59 Å². The molecule has 0 saturated heterocycles. The molecule has 1 aliphatic rings. The molecule has 21 heavy (non-hydrogen) atoms. The molecule has 6 heteroatoms. The largest absolute Gasteiger partial charge is 0.342 e. The molecule has 0 heterocycles. The minimum atomic E-state index is -0.916. The quantitative estimate of drug-likeness (QED) is 0.840. The smallest absolute Gasteiger partial charge is 0.240 e. The van der Waals surface area contributed by atoms with Crippen molar-refractivity contribution in [3.8, 4) is 0 Å². The van der Waals surface area contributed by atoms with Crippen LogP contribution < -0.4 is 5.32 Å². The molecule has 4 nitrogen and oxygen atoms in total. The van der Waals surface area contributed by atoms with Gasteiger partial charge < -0.3 is 10.2 Å². The van der Waals surface area contributed by atoms with Crippen molar-refractivity contribution in [3.05, 3.63) is 28.2 Å². The van der Waals surface area contributed by atoms with E-state index in [-0.39, 0.29) is 11.8 Å². The molecule has 1 fully saturated rings. The number of benzene rings is 1. The number of carbonyl (C=O) groups excluding carboxylic acids is 2. The van der Waals surface area contributed by atoms with Gasteiger partial charge in [0.1, 0.15) is 5.41 Å². The zero-order valence-electron chi connectivity index (χ0n) is 12.1. The van der Waals surface area contributed by atoms with Crippen molar-refractivity contribution >= 4 is 40.7 Å². The third-order valence-corrected chi connectivity index (χ3v) is 4.20. The summed E-state index contributed by atoms with van der Waals surface area (Å²) in [6.45, 7) is 5.03. The molecule has 1 N–H and O–H groups in total. The summed E-state index contributed by atoms with van der Waals surface area (Å²) in [7, 11) is 0. The maximum atomic E-state index is 12.5. The van der Waals surface area contributed by atoms with Crippen LogP contribution in [0.4, 0.5) is 5.69 Å². The maximum absolute atomic E-state index is 12.5. The van der Waals surface area contributed by atoms with Crippen LogP contribution in [0, 0.1) is 5.41 Å². The van der Waals surface area contributed by atoms with Gasteiger partial charge in [0.2, 0.25) is 11.8 Å². The molecule has 2 amide bonds. The highest BCUT2D eigenvalue weighted by Gasteiger charge is 2.57. The van der Waals surface area contributed by atoms with Crippen molar-refractivity contribution in [1.82, 2.24) is 4.90 Å². The van der Waals surface area contributed by atoms with E-state index in [9.17, 15) is 9.59 Å². The normalized spacial score (nSPS) is 15.4. The Morgan fingerprint density at radius 2 is 1.67 bits per heavy atom. The third kappa shape index (κ3) is 3.33. The molecule has 0 aliphatic heterocycles. The summed E-state index contributed by atoms with van der Waals surface area (Å²) < 4.78 is 0. The highest BCUT2D eigenvalue weighted by Crippen LogP contribution is 2.48. The van der Waals surface area contributed by atoms with Gasteiger partial charge in [-0.1, -0.05) is 23.2 Å². The van der Waals surface area contributed by atoms with Gasteiger partial charge >= 0.3 is 0 Å². The molecule has 1 aromatic carbocycles. The Balaban J connectivity index is 2.14. The fourth-order valence-corrected chi connectivity index (χ4v) is 2.88. The molecule has 0 spiro atoms. The van der Waals surface area contributed by atoms with Gasteiger partial charge in [-0.2, -0.15) is 0 Å². The Kier molecular flexibility index (Phi) is 4.79. The number of hydrogen-bond acceptors (Lipinski definition) is 2. The van der Waals surface area contributed by atoms with Gasteiger partial charge in [-0.3, -0.25) is 9.59 Å². The summed E-state index contributed by atoms with van der Waals surface area (Å²) in [5.74, 6) is -0.379.